The quantitative estimate of drug-likeness (QED) is 0.178. The molecule has 0 saturated heterocycles. The third-order valence-electron chi connectivity index (χ3n) is 11.4. The Morgan fingerprint density at radius 2 is 0.722 bits per heavy atom. The van der Waals surface area contributed by atoms with Gasteiger partial charge in [-0.3, -0.25) is 0 Å². The van der Waals surface area contributed by atoms with Gasteiger partial charge in [0.1, 0.15) is 0 Å². The molecule has 0 N–H and O–H groups in total. The smallest absolute Gasteiger partial charge is 0.207 e. The summed E-state index contributed by atoms with van der Waals surface area (Å²) in [6, 6.07) is 73.3. The van der Waals surface area contributed by atoms with E-state index in [9.17, 15) is 8.42 Å². The molecular formula is C50H35NO2S. The van der Waals surface area contributed by atoms with Crippen molar-refractivity contribution in [3.63, 3.8) is 0 Å². The van der Waals surface area contributed by atoms with E-state index in [4.69, 9.17) is 0 Å². The second-order valence-corrected chi connectivity index (χ2v) is 15.9. The maximum atomic E-state index is 14.5. The molecule has 3 nitrogen and oxygen atoms in total. The molecule has 54 heavy (non-hydrogen) atoms. The van der Waals surface area contributed by atoms with Crippen LogP contribution in [0.5, 0.6) is 0 Å². The van der Waals surface area contributed by atoms with Crippen molar-refractivity contribution in [2.24, 2.45) is 0 Å². The molecular weight excluding hydrogens is 679 g/mol. The summed E-state index contributed by atoms with van der Waals surface area (Å²) >= 11 is 0. The number of benzene rings is 8. The van der Waals surface area contributed by atoms with E-state index >= 15 is 0 Å². The number of rotatable bonds is 5. The normalized spacial score (nSPS) is 15.6. The van der Waals surface area contributed by atoms with E-state index in [1.807, 2.05) is 42.5 Å². The Kier molecular flexibility index (Phi) is 7.33. The summed E-state index contributed by atoms with van der Waals surface area (Å²) in [5, 5.41) is 0. The number of sulfone groups is 1. The van der Waals surface area contributed by atoms with Crippen molar-refractivity contribution < 1.29 is 8.42 Å². The van der Waals surface area contributed by atoms with Crippen LogP contribution in [0.4, 0.5) is 17.1 Å². The predicted octanol–water partition coefficient (Wildman–Crippen LogP) is 11.4. The molecule has 0 radical (unpaired) electrons. The summed E-state index contributed by atoms with van der Waals surface area (Å²) in [6.45, 7) is 0. The second kappa shape index (κ2) is 12.3. The summed E-state index contributed by atoms with van der Waals surface area (Å²) in [7, 11) is -3.81. The Morgan fingerprint density at radius 1 is 0.333 bits per heavy atom. The van der Waals surface area contributed by atoms with Gasteiger partial charge in [-0.25, -0.2) is 8.42 Å². The van der Waals surface area contributed by atoms with Crippen molar-refractivity contribution in [2.45, 2.75) is 20.6 Å². The number of nitrogens with zero attached hydrogens (tertiary/aromatic N) is 1. The highest BCUT2D eigenvalue weighted by Crippen LogP contribution is 2.60. The Bertz CT molecular complexity index is 2690. The molecule has 8 aromatic rings. The minimum Gasteiger partial charge on any atom is -0.310 e. The van der Waals surface area contributed by atoms with Gasteiger partial charge in [0.05, 0.1) is 32.0 Å². The fraction of sp³-hybridized carbons (Fsp3) is 0.0400. The van der Waals surface area contributed by atoms with Gasteiger partial charge in [-0.2, -0.15) is 0 Å². The summed E-state index contributed by atoms with van der Waals surface area (Å²) in [5.74, 6) is 0. The average Bonchev–Trinajstić information content (AvgIpc) is 3.24. The van der Waals surface area contributed by atoms with E-state index in [-0.39, 0.29) is 0 Å². The second-order valence-electron chi connectivity index (χ2n) is 14.0. The lowest BCUT2D eigenvalue weighted by Gasteiger charge is -2.48. The maximum absolute atomic E-state index is 14.5. The highest BCUT2D eigenvalue weighted by atomic mass is 32.2. The zero-order valence-corrected chi connectivity index (χ0v) is 30.2. The summed E-state index contributed by atoms with van der Waals surface area (Å²) in [6.07, 6.45) is 0. The lowest BCUT2D eigenvalue weighted by atomic mass is 9.60. The third-order valence-corrected chi connectivity index (χ3v) is 13.3. The molecule has 2 aliphatic rings. The zero-order valence-electron chi connectivity index (χ0n) is 29.4. The molecule has 0 spiro atoms. The van der Waals surface area contributed by atoms with E-state index in [0.29, 0.717) is 9.79 Å². The molecule has 2 heterocycles. The van der Waals surface area contributed by atoms with Crippen LogP contribution in [0, 0.1) is 0 Å². The SMILES string of the molecule is O=S1(=O)c2ccccc2C(c2ccccc2)(c2ccc3c(c2)C(c2ccccc2)(c2ccccc2)c2ccccc2N3c2ccccc2)c2ccccc21. The molecule has 258 valence electrons. The van der Waals surface area contributed by atoms with Gasteiger partial charge >= 0.3 is 0 Å². The van der Waals surface area contributed by atoms with E-state index in [1.165, 1.54) is 0 Å². The van der Waals surface area contributed by atoms with Crippen molar-refractivity contribution in [2.75, 3.05) is 4.90 Å². The van der Waals surface area contributed by atoms with Gasteiger partial charge < -0.3 is 4.90 Å². The van der Waals surface area contributed by atoms with Crippen molar-refractivity contribution in [1.29, 1.82) is 0 Å². The molecule has 0 aliphatic carbocycles. The minimum absolute atomic E-state index is 0.332. The van der Waals surface area contributed by atoms with Crippen LogP contribution < -0.4 is 4.90 Å². The summed E-state index contributed by atoms with van der Waals surface area (Å²) in [5.41, 5.74) is 9.60. The molecule has 0 unspecified atom stereocenters. The highest BCUT2D eigenvalue weighted by molar-refractivity contribution is 7.91. The molecule has 4 heteroatoms. The van der Waals surface area contributed by atoms with E-state index in [0.717, 1.165) is 61.6 Å². The largest absolute Gasteiger partial charge is 0.310 e. The Morgan fingerprint density at radius 3 is 1.24 bits per heavy atom. The van der Waals surface area contributed by atoms with Gasteiger partial charge in [-0.1, -0.05) is 176 Å². The molecule has 0 aromatic heterocycles. The first-order valence-electron chi connectivity index (χ1n) is 18.3. The fourth-order valence-electron chi connectivity index (χ4n) is 9.31. The van der Waals surface area contributed by atoms with Crippen LogP contribution in [-0.2, 0) is 20.7 Å². The Balaban J connectivity index is 1.41. The number of para-hydroxylation sites is 2. The number of fused-ring (bicyclic) bond motifs is 4. The lowest BCUT2D eigenvalue weighted by Crippen LogP contribution is -2.40. The van der Waals surface area contributed by atoms with Crippen molar-refractivity contribution in [1.82, 2.24) is 0 Å². The van der Waals surface area contributed by atoms with Gasteiger partial charge in [0.25, 0.3) is 0 Å². The summed E-state index contributed by atoms with van der Waals surface area (Å²) < 4.78 is 29.0. The molecule has 2 aliphatic heterocycles. The zero-order chi connectivity index (χ0) is 36.3. The van der Waals surface area contributed by atoms with Gasteiger partial charge in [0, 0.05) is 5.69 Å². The van der Waals surface area contributed by atoms with Crippen LogP contribution in [0.25, 0.3) is 0 Å². The number of hydrogen-bond acceptors (Lipinski definition) is 3. The van der Waals surface area contributed by atoms with Crippen LogP contribution in [0.3, 0.4) is 0 Å². The molecule has 8 aromatic carbocycles. The van der Waals surface area contributed by atoms with Crippen LogP contribution >= 0.6 is 0 Å². The molecule has 0 atom stereocenters. The van der Waals surface area contributed by atoms with Crippen LogP contribution in [-0.4, -0.2) is 8.42 Å². The highest BCUT2D eigenvalue weighted by Gasteiger charge is 2.51. The molecule has 0 amide bonds. The van der Waals surface area contributed by atoms with Crippen molar-refractivity contribution in [3.8, 4) is 0 Å². The van der Waals surface area contributed by atoms with Crippen LogP contribution in [0.15, 0.2) is 222 Å². The monoisotopic (exact) mass is 713 g/mol. The van der Waals surface area contributed by atoms with E-state index < -0.39 is 20.7 Å². The molecule has 10 rings (SSSR count). The van der Waals surface area contributed by atoms with Crippen LogP contribution in [0.1, 0.15) is 44.5 Å². The van der Waals surface area contributed by atoms with Crippen LogP contribution in [0.2, 0.25) is 0 Å². The van der Waals surface area contributed by atoms with E-state index in [2.05, 4.69) is 163 Å². The lowest BCUT2D eigenvalue weighted by molar-refractivity contribution is 0.578. The molecule has 0 fully saturated rings. The predicted molar refractivity (Wildman–Crippen MR) is 217 cm³/mol. The van der Waals surface area contributed by atoms with Gasteiger partial charge in [0.15, 0.2) is 0 Å². The van der Waals surface area contributed by atoms with E-state index in [1.54, 1.807) is 12.1 Å². The van der Waals surface area contributed by atoms with Crippen molar-refractivity contribution in [3.05, 3.63) is 257 Å². The molecule has 0 bridgehead atoms. The maximum Gasteiger partial charge on any atom is 0.207 e. The summed E-state index contributed by atoms with van der Waals surface area (Å²) in [4.78, 5) is 3.04. The first-order valence-corrected chi connectivity index (χ1v) is 19.8. The third kappa shape index (κ3) is 4.38. The van der Waals surface area contributed by atoms with Gasteiger partial charge in [-0.05, 0) is 80.9 Å². The number of hydrogen-bond donors (Lipinski definition) is 0. The Hall–Kier alpha value is -6.49. The Labute approximate surface area is 316 Å². The minimum atomic E-state index is -3.81. The van der Waals surface area contributed by atoms with Gasteiger partial charge in [-0.15, -0.1) is 0 Å². The molecule has 0 saturated carbocycles. The number of anilines is 3. The van der Waals surface area contributed by atoms with Gasteiger partial charge in [0.2, 0.25) is 9.84 Å². The van der Waals surface area contributed by atoms with Crippen molar-refractivity contribution >= 4 is 26.9 Å². The average molecular weight is 714 g/mol. The first-order chi connectivity index (χ1) is 26.6. The fourth-order valence-corrected chi connectivity index (χ4v) is 11.1. The standard InChI is InChI=1S/C50H35NO2S/c52-54(53)47-31-17-14-28-42(47)50(38-23-9-3-10-24-38,43-29-15-18-32-48(43)54)39-33-34-46-44(35-39)49(36-19-5-1-6-20-36,37-21-7-2-8-22-37)41-27-13-16-30-45(41)51(46)40-25-11-4-12-26-40/h1-35H. The first kappa shape index (κ1) is 32.2. The topological polar surface area (TPSA) is 37.4 Å².